The summed E-state index contributed by atoms with van der Waals surface area (Å²) >= 11 is 0. The Morgan fingerprint density at radius 1 is 1.44 bits per heavy atom. The minimum Gasteiger partial charge on any atom is -0.497 e. The van der Waals surface area contributed by atoms with E-state index in [1.807, 2.05) is 24.3 Å². The number of rotatable bonds is 1. The van der Waals surface area contributed by atoms with Gasteiger partial charge in [0.05, 0.1) is 12.8 Å². The molecule has 1 aromatic carbocycles. The van der Waals surface area contributed by atoms with Crippen LogP contribution >= 0.6 is 0 Å². The highest BCUT2D eigenvalue weighted by Gasteiger charge is 2.30. The number of hydrogen-bond acceptors (Lipinski definition) is 4. The fourth-order valence-corrected chi connectivity index (χ4v) is 2.54. The van der Waals surface area contributed by atoms with E-state index >= 15 is 0 Å². The van der Waals surface area contributed by atoms with Crippen LogP contribution in [0.1, 0.15) is 24.8 Å². The van der Waals surface area contributed by atoms with Crippen LogP contribution in [-0.4, -0.2) is 24.1 Å². The number of benzene rings is 1. The van der Waals surface area contributed by atoms with Crippen molar-refractivity contribution in [2.24, 2.45) is 5.16 Å². The van der Waals surface area contributed by atoms with Crippen molar-refractivity contribution in [2.75, 3.05) is 7.11 Å². The van der Waals surface area contributed by atoms with E-state index in [2.05, 4.69) is 5.16 Å². The molecule has 0 amide bonds. The van der Waals surface area contributed by atoms with E-state index in [0.717, 1.165) is 47.6 Å². The van der Waals surface area contributed by atoms with E-state index in [0.29, 0.717) is 0 Å². The summed E-state index contributed by atoms with van der Waals surface area (Å²) in [5, 5.41) is 12.4. The molecule has 0 saturated heterocycles. The van der Waals surface area contributed by atoms with Gasteiger partial charge in [-0.15, -0.1) is 0 Å². The van der Waals surface area contributed by atoms with Gasteiger partial charge in [-0.3, -0.25) is 0 Å². The van der Waals surface area contributed by atoms with Gasteiger partial charge in [-0.2, -0.15) is 0 Å². The van der Waals surface area contributed by atoms with Crippen molar-refractivity contribution in [2.45, 2.75) is 25.4 Å². The normalized spacial score (nSPS) is 23.7. The van der Waals surface area contributed by atoms with E-state index < -0.39 is 0 Å². The first kappa shape index (κ1) is 11.1. The molecule has 4 heteroatoms. The first-order valence-electron chi connectivity index (χ1n) is 6.09. The molecule has 94 valence electrons. The van der Waals surface area contributed by atoms with Crippen molar-refractivity contribution >= 4 is 11.8 Å². The van der Waals surface area contributed by atoms with Gasteiger partial charge >= 0.3 is 0 Å². The second-order valence-electron chi connectivity index (χ2n) is 4.55. The van der Waals surface area contributed by atoms with Gasteiger partial charge in [-0.25, -0.2) is 0 Å². The molecule has 0 spiro atoms. The van der Waals surface area contributed by atoms with Gasteiger partial charge in [-0.05, 0) is 43.5 Å². The average molecular weight is 245 g/mol. The fourth-order valence-electron chi connectivity index (χ4n) is 2.54. The molecule has 4 nitrogen and oxygen atoms in total. The molecule has 0 radical (unpaired) electrons. The summed E-state index contributed by atoms with van der Waals surface area (Å²) < 4.78 is 11.2. The van der Waals surface area contributed by atoms with Crippen LogP contribution < -0.4 is 9.47 Å². The first-order chi connectivity index (χ1) is 8.81. The molecule has 1 aromatic rings. The highest BCUT2D eigenvalue weighted by atomic mass is 16.5. The third kappa shape index (κ3) is 1.74. The smallest absolute Gasteiger partial charge is 0.127 e. The Kier molecular flexibility index (Phi) is 2.70. The molecule has 0 aromatic heterocycles. The van der Waals surface area contributed by atoms with Gasteiger partial charge in [0.2, 0.25) is 0 Å². The second-order valence-corrected chi connectivity index (χ2v) is 4.55. The molecular weight excluding hydrogens is 230 g/mol. The van der Waals surface area contributed by atoms with Crippen LogP contribution in [0.15, 0.2) is 28.9 Å². The molecule has 0 bridgehead atoms. The molecular formula is C14H15NO3. The Balaban J connectivity index is 2.06. The summed E-state index contributed by atoms with van der Waals surface area (Å²) in [7, 11) is 1.64. The molecule has 3 rings (SSSR count). The number of fused-ring (bicyclic) bond motifs is 2. The number of ether oxygens (including phenoxy) is 2. The van der Waals surface area contributed by atoms with E-state index in [4.69, 9.17) is 14.7 Å². The van der Waals surface area contributed by atoms with E-state index in [-0.39, 0.29) is 6.10 Å². The standard InChI is InChI=1S/C14H15NO3/c1-17-10-5-6-13-9(7-10)8-11-12(15-16)3-2-4-14(11)18-13/h5-8,14,16H,2-4H2,1H3/b15-12-. The topological polar surface area (TPSA) is 51.0 Å². The molecule has 18 heavy (non-hydrogen) atoms. The minimum absolute atomic E-state index is 0.0190. The predicted octanol–water partition coefficient (Wildman–Crippen LogP) is 2.85. The molecule has 1 aliphatic heterocycles. The van der Waals surface area contributed by atoms with Crippen LogP contribution in [0.5, 0.6) is 11.5 Å². The third-order valence-electron chi connectivity index (χ3n) is 3.48. The van der Waals surface area contributed by atoms with Gasteiger partial charge in [0, 0.05) is 11.1 Å². The summed E-state index contributed by atoms with van der Waals surface area (Å²) in [4.78, 5) is 0. The lowest BCUT2D eigenvalue weighted by Gasteiger charge is -2.31. The number of methoxy groups -OCH3 is 1. The second kappa shape index (κ2) is 4.37. The van der Waals surface area contributed by atoms with E-state index in [9.17, 15) is 0 Å². The van der Waals surface area contributed by atoms with Crippen molar-refractivity contribution in [3.63, 3.8) is 0 Å². The Labute approximate surface area is 106 Å². The lowest BCUT2D eigenvalue weighted by molar-refractivity contribution is 0.217. The minimum atomic E-state index is 0.0190. The molecule has 1 N–H and O–H groups in total. The lowest BCUT2D eigenvalue weighted by Crippen LogP contribution is -2.31. The molecule has 1 aliphatic carbocycles. The summed E-state index contributed by atoms with van der Waals surface area (Å²) in [6.07, 6.45) is 4.83. The Morgan fingerprint density at radius 3 is 3.11 bits per heavy atom. The summed E-state index contributed by atoms with van der Waals surface area (Å²) in [6.45, 7) is 0. The van der Waals surface area contributed by atoms with Crippen molar-refractivity contribution in [3.05, 3.63) is 29.3 Å². The highest BCUT2D eigenvalue weighted by molar-refractivity contribution is 6.05. The molecule has 1 saturated carbocycles. The average Bonchev–Trinajstić information content (AvgIpc) is 2.43. The quantitative estimate of drug-likeness (QED) is 0.611. The van der Waals surface area contributed by atoms with Crippen LogP contribution in [0.3, 0.4) is 0 Å². The molecule has 1 unspecified atom stereocenters. The molecule has 1 heterocycles. The maximum atomic E-state index is 9.05. The zero-order chi connectivity index (χ0) is 12.5. The summed E-state index contributed by atoms with van der Waals surface area (Å²) in [6, 6.07) is 5.75. The molecule has 1 atom stereocenters. The van der Waals surface area contributed by atoms with Crippen LogP contribution in [0.25, 0.3) is 6.08 Å². The first-order valence-corrected chi connectivity index (χ1v) is 6.09. The molecule has 2 aliphatic rings. The van der Waals surface area contributed by atoms with Gasteiger partial charge in [0.25, 0.3) is 0 Å². The van der Waals surface area contributed by atoms with E-state index in [1.165, 1.54) is 0 Å². The van der Waals surface area contributed by atoms with Crippen molar-refractivity contribution in [1.29, 1.82) is 0 Å². The maximum Gasteiger partial charge on any atom is 0.127 e. The van der Waals surface area contributed by atoms with Gasteiger partial charge in [0.1, 0.15) is 17.6 Å². The largest absolute Gasteiger partial charge is 0.497 e. The van der Waals surface area contributed by atoms with Gasteiger partial charge in [-0.1, -0.05) is 5.16 Å². The summed E-state index contributed by atoms with van der Waals surface area (Å²) in [5.41, 5.74) is 2.70. The lowest BCUT2D eigenvalue weighted by atomic mass is 9.87. The van der Waals surface area contributed by atoms with Gasteiger partial charge in [0.15, 0.2) is 0 Å². The zero-order valence-electron chi connectivity index (χ0n) is 10.2. The van der Waals surface area contributed by atoms with Crippen LogP contribution in [-0.2, 0) is 0 Å². The number of nitrogens with zero attached hydrogens (tertiary/aromatic N) is 1. The predicted molar refractivity (Wildman–Crippen MR) is 68.5 cm³/mol. The van der Waals surface area contributed by atoms with Gasteiger partial charge < -0.3 is 14.7 Å². The zero-order valence-corrected chi connectivity index (χ0v) is 10.2. The van der Waals surface area contributed by atoms with Crippen molar-refractivity contribution < 1.29 is 14.7 Å². The SMILES string of the molecule is COc1ccc2c(c1)C=C1/C(=N\O)CCCC1O2. The monoisotopic (exact) mass is 245 g/mol. The Bertz CT molecular complexity index is 534. The van der Waals surface area contributed by atoms with Crippen LogP contribution in [0, 0.1) is 0 Å². The fraction of sp³-hybridized carbons (Fsp3) is 0.357. The van der Waals surface area contributed by atoms with Crippen LogP contribution in [0.2, 0.25) is 0 Å². The van der Waals surface area contributed by atoms with E-state index in [1.54, 1.807) is 7.11 Å². The highest BCUT2D eigenvalue weighted by Crippen LogP contribution is 2.37. The van der Waals surface area contributed by atoms with Crippen molar-refractivity contribution in [3.8, 4) is 11.5 Å². The summed E-state index contributed by atoms with van der Waals surface area (Å²) in [5.74, 6) is 1.66. The number of oxime groups is 1. The van der Waals surface area contributed by atoms with Crippen LogP contribution in [0.4, 0.5) is 0 Å². The van der Waals surface area contributed by atoms with Crippen molar-refractivity contribution in [1.82, 2.24) is 0 Å². The number of hydrogen-bond donors (Lipinski definition) is 1. The third-order valence-corrected chi connectivity index (χ3v) is 3.48. The maximum absolute atomic E-state index is 9.05. The Morgan fingerprint density at radius 2 is 2.33 bits per heavy atom. The Hall–Kier alpha value is -1.97. The molecule has 1 fully saturated rings.